The summed E-state index contributed by atoms with van der Waals surface area (Å²) in [7, 11) is -3.94. The van der Waals surface area contributed by atoms with Gasteiger partial charge in [-0.2, -0.15) is 0 Å². The van der Waals surface area contributed by atoms with Crippen LogP contribution in [0.2, 0.25) is 5.02 Å². The van der Waals surface area contributed by atoms with Gasteiger partial charge in [-0.1, -0.05) is 31.9 Å². The highest BCUT2D eigenvalue weighted by molar-refractivity contribution is 7.89. The van der Waals surface area contributed by atoms with Crippen molar-refractivity contribution in [3.8, 4) is 0 Å². The Balaban J connectivity index is 3.18. The van der Waals surface area contributed by atoms with Gasteiger partial charge in [0.05, 0.1) is 0 Å². The summed E-state index contributed by atoms with van der Waals surface area (Å²) in [5.41, 5.74) is 5.48. The molecule has 4 nitrogen and oxygen atoms in total. The summed E-state index contributed by atoms with van der Waals surface area (Å²) in [6, 6.07) is 2.22. The lowest BCUT2D eigenvalue weighted by Crippen LogP contribution is -2.35. The molecule has 0 heterocycles. The first-order chi connectivity index (χ1) is 9.35. The molecule has 0 aliphatic rings. The van der Waals surface area contributed by atoms with Crippen molar-refractivity contribution < 1.29 is 12.8 Å². The van der Waals surface area contributed by atoms with Crippen LogP contribution in [0.5, 0.6) is 0 Å². The summed E-state index contributed by atoms with van der Waals surface area (Å²) in [5.74, 6) is -0.837. The molecule has 1 aromatic carbocycles. The van der Waals surface area contributed by atoms with Crippen LogP contribution < -0.4 is 10.5 Å². The maximum atomic E-state index is 14.1. The van der Waals surface area contributed by atoms with E-state index in [9.17, 15) is 12.8 Å². The molecule has 0 bridgehead atoms. The fraction of sp³-hybridized carbons (Fsp3) is 0.538. The predicted molar refractivity (Wildman–Crippen MR) is 78.6 cm³/mol. The van der Waals surface area contributed by atoms with E-state index in [2.05, 4.69) is 4.72 Å². The van der Waals surface area contributed by atoms with Gasteiger partial charge in [0.25, 0.3) is 0 Å². The van der Waals surface area contributed by atoms with Crippen molar-refractivity contribution >= 4 is 21.6 Å². The average Bonchev–Trinajstić information content (AvgIpc) is 2.40. The van der Waals surface area contributed by atoms with E-state index >= 15 is 0 Å². The minimum absolute atomic E-state index is 0.0846. The molecule has 0 fully saturated rings. The fourth-order valence-corrected chi connectivity index (χ4v) is 3.75. The number of benzene rings is 1. The monoisotopic (exact) mass is 322 g/mol. The Morgan fingerprint density at radius 2 is 2.05 bits per heavy atom. The molecule has 0 spiro atoms. The zero-order valence-corrected chi connectivity index (χ0v) is 13.2. The summed E-state index contributed by atoms with van der Waals surface area (Å²) >= 11 is 5.82. The van der Waals surface area contributed by atoms with Gasteiger partial charge in [0.2, 0.25) is 10.0 Å². The Labute approximate surface area is 124 Å². The third-order valence-electron chi connectivity index (χ3n) is 3.04. The molecule has 0 saturated carbocycles. The van der Waals surface area contributed by atoms with Gasteiger partial charge in [0.15, 0.2) is 0 Å². The third kappa shape index (κ3) is 4.15. The van der Waals surface area contributed by atoms with Crippen LogP contribution in [-0.2, 0) is 16.6 Å². The fourth-order valence-electron chi connectivity index (χ4n) is 1.94. The Morgan fingerprint density at radius 1 is 1.40 bits per heavy atom. The van der Waals surface area contributed by atoms with Gasteiger partial charge in [-0.15, -0.1) is 0 Å². The molecule has 0 aromatic heterocycles. The first-order valence-corrected chi connectivity index (χ1v) is 8.42. The second-order valence-electron chi connectivity index (χ2n) is 4.60. The van der Waals surface area contributed by atoms with E-state index in [4.69, 9.17) is 17.3 Å². The van der Waals surface area contributed by atoms with E-state index in [-0.39, 0.29) is 23.2 Å². The standard InChI is InChI=1S/C13H20ClFN2O2S/c1-3-5-11(4-2)17-20(18,19)12-7-10(14)6-9(8-16)13(12)15/h6-7,11,17H,3-5,8,16H2,1-2H3. The van der Waals surface area contributed by atoms with E-state index in [1.807, 2.05) is 13.8 Å². The number of hydrogen-bond donors (Lipinski definition) is 2. The van der Waals surface area contributed by atoms with Crippen molar-refractivity contribution in [2.45, 2.75) is 50.6 Å². The molecule has 1 aromatic rings. The quantitative estimate of drug-likeness (QED) is 0.810. The van der Waals surface area contributed by atoms with Crippen LogP contribution in [0.1, 0.15) is 38.7 Å². The molecule has 0 radical (unpaired) electrons. The van der Waals surface area contributed by atoms with Gasteiger partial charge in [0, 0.05) is 23.2 Å². The topological polar surface area (TPSA) is 72.2 Å². The normalized spacial score (nSPS) is 13.4. The highest BCUT2D eigenvalue weighted by Gasteiger charge is 2.24. The zero-order valence-electron chi connectivity index (χ0n) is 11.6. The maximum absolute atomic E-state index is 14.1. The van der Waals surface area contributed by atoms with Gasteiger partial charge in [-0.25, -0.2) is 17.5 Å². The average molecular weight is 323 g/mol. The molecule has 1 atom stereocenters. The van der Waals surface area contributed by atoms with E-state index in [1.165, 1.54) is 6.07 Å². The number of nitrogens with two attached hydrogens (primary N) is 1. The van der Waals surface area contributed by atoms with Gasteiger partial charge < -0.3 is 5.73 Å². The van der Waals surface area contributed by atoms with Crippen molar-refractivity contribution in [2.75, 3.05) is 0 Å². The van der Waals surface area contributed by atoms with E-state index in [0.717, 1.165) is 12.5 Å². The maximum Gasteiger partial charge on any atom is 0.243 e. The first-order valence-electron chi connectivity index (χ1n) is 6.56. The predicted octanol–water partition coefficient (Wildman–Crippen LogP) is 2.79. The van der Waals surface area contributed by atoms with Crippen molar-refractivity contribution in [1.82, 2.24) is 4.72 Å². The Kier molecular flexibility index (Phi) is 6.39. The van der Waals surface area contributed by atoms with Gasteiger partial charge in [0.1, 0.15) is 10.7 Å². The lowest BCUT2D eigenvalue weighted by molar-refractivity contribution is 0.504. The highest BCUT2D eigenvalue weighted by atomic mass is 35.5. The molecule has 1 unspecified atom stereocenters. The van der Waals surface area contributed by atoms with Crippen LogP contribution in [0.25, 0.3) is 0 Å². The smallest absolute Gasteiger partial charge is 0.243 e. The minimum atomic E-state index is -3.94. The van der Waals surface area contributed by atoms with Crippen LogP contribution in [0.3, 0.4) is 0 Å². The van der Waals surface area contributed by atoms with Crippen LogP contribution in [-0.4, -0.2) is 14.5 Å². The molecule has 3 N–H and O–H groups in total. The van der Waals surface area contributed by atoms with Crippen LogP contribution in [0, 0.1) is 5.82 Å². The summed E-state index contributed by atoms with van der Waals surface area (Å²) < 4.78 is 41.2. The Morgan fingerprint density at radius 3 is 2.55 bits per heavy atom. The molecule has 20 heavy (non-hydrogen) atoms. The molecule has 0 aliphatic heterocycles. The lowest BCUT2D eigenvalue weighted by atomic mass is 10.1. The van der Waals surface area contributed by atoms with E-state index in [0.29, 0.717) is 12.8 Å². The lowest BCUT2D eigenvalue weighted by Gasteiger charge is -2.17. The number of halogens is 2. The third-order valence-corrected chi connectivity index (χ3v) is 4.78. The zero-order chi connectivity index (χ0) is 15.3. The van der Waals surface area contributed by atoms with Gasteiger partial charge in [-0.3, -0.25) is 0 Å². The summed E-state index contributed by atoms with van der Waals surface area (Å²) in [4.78, 5) is -0.444. The van der Waals surface area contributed by atoms with Crippen molar-refractivity contribution in [1.29, 1.82) is 0 Å². The molecule has 114 valence electrons. The van der Waals surface area contributed by atoms with Crippen LogP contribution in [0.15, 0.2) is 17.0 Å². The number of hydrogen-bond acceptors (Lipinski definition) is 3. The van der Waals surface area contributed by atoms with Crippen molar-refractivity contribution in [3.05, 3.63) is 28.5 Å². The number of nitrogens with one attached hydrogen (secondary N) is 1. The largest absolute Gasteiger partial charge is 0.326 e. The summed E-state index contributed by atoms with van der Waals surface area (Å²) in [5, 5.41) is 0.149. The highest BCUT2D eigenvalue weighted by Crippen LogP contribution is 2.24. The number of sulfonamides is 1. The van der Waals surface area contributed by atoms with Gasteiger partial charge >= 0.3 is 0 Å². The number of rotatable bonds is 7. The molecular formula is C13H20ClFN2O2S. The molecule has 1 rings (SSSR count). The molecule has 0 amide bonds. The van der Waals surface area contributed by atoms with Crippen LogP contribution in [0.4, 0.5) is 4.39 Å². The summed E-state index contributed by atoms with van der Waals surface area (Å²) in [6.45, 7) is 3.73. The minimum Gasteiger partial charge on any atom is -0.326 e. The molecular weight excluding hydrogens is 303 g/mol. The molecule has 0 saturated heterocycles. The Bertz CT molecular complexity index is 564. The second-order valence-corrected chi connectivity index (χ2v) is 6.72. The second kappa shape index (κ2) is 7.36. The first kappa shape index (κ1) is 17.4. The SMILES string of the molecule is CCCC(CC)NS(=O)(=O)c1cc(Cl)cc(CN)c1F. The van der Waals surface area contributed by atoms with Gasteiger partial charge in [-0.05, 0) is 25.0 Å². The summed E-state index contributed by atoms with van der Waals surface area (Å²) in [6.07, 6.45) is 2.17. The molecule has 7 heteroatoms. The van der Waals surface area contributed by atoms with E-state index in [1.54, 1.807) is 0 Å². The van der Waals surface area contributed by atoms with Crippen LogP contribution >= 0.6 is 11.6 Å². The van der Waals surface area contributed by atoms with Crippen molar-refractivity contribution in [3.63, 3.8) is 0 Å². The van der Waals surface area contributed by atoms with Crippen molar-refractivity contribution in [2.24, 2.45) is 5.73 Å². The molecule has 0 aliphatic carbocycles. The Hall–Kier alpha value is -0.690. The van der Waals surface area contributed by atoms with E-state index < -0.39 is 20.7 Å².